The zero-order valence-corrected chi connectivity index (χ0v) is 40.9. The van der Waals surface area contributed by atoms with Gasteiger partial charge in [-0.1, -0.05) is 214 Å². The molecule has 1 aromatic heterocycles. The summed E-state index contributed by atoms with van der Waals surface area (Å²) in [7, 11) is -3.03. The van der Waals surface area contributed by atoms with Crippen molar-refractivity contribution in [2.24, 2.45) is 11.8 Å². The monoisotopic (exact) mass is 889 g/mol. The SMILES string of the molecule is Cc1cc(C)c(B(c2cccc(-c3cccc(-c4ccc(C56CC7CC(C5)CC(c5ccc(P(=O)(c8ccccc8)c8ccccc8)cc5)(C7)C6)cc4)n3)c2)c2c(C)cc(C)cc2C)c(C)c1. The summed E-state index contributed by atoms with van der Waals surface area (Å²) in [4.78, 5) is 5.37. The molecule has 4 fully saturated rings. The quantitative estimate of drug-likeness (QED) is 0.101. The summed E-state index contributed by atoms with van der Waals surface area (Å²) in [5, 5.41) is 2.69. The van der Waals surface area contributed by atoms with Crippen LogP contribution in [-0.4, -0.2) is 11.7 Å². The van der Waals surface area contributed by atoms with Crippen LogP contribution in [0, 0.1) is 53.4 Å². The maximum absolute atomic E-state index is 15.2. The van der Waals surface area contributed by atoms with E-state index < -0.39 is 7.14 Å². The first-order valence-electron chi connectivity index (χ1n) is 24.6. The lowest BCUT2D eigenvalue weighted by molar-refractivity contribution is -0.0281. The van der Waals surface area contributed by atoms with Gasteiger partial charge >= 0.3 is 0 Å². The average Bonchev–Trinajstić information content (AvgIpc) is 3.33. The molecule has 0 N–H and O–H groups in total. The molecule has 0 spiro atoms. The molecule has 12 rings (SSSR count). The van der Waals surface area contributed by atoms with Crippen molar-refractivity contribution in [2.75, 3.05) is 0 Å². The normalized spacial score (nSPS) is 20.8. The first kappa shape index (κ1) is 43.5. The average molecular weight is 890 g/mol. The number of hydrogen-bond acceptors (Lipinski definition) is 2. The Morgan fingerprint density at radius 2 is 0.896 bits per heavy atom. The summed E-state index contributed by atoms with van der Waals surface area (Å²) in [6, 6.07) is 63.8. The molecule has 0 amide bonds. The molecule has 2 atom stereocenters. The summed E-state index contributed by atoms with van der Waals surface area (Å²) in [5.74, 6) is 1.46. The molecule has 1 heterocycles. The van der Waals surface area contributed by atoms with E-state index in [1.165, 1.54) is 99.4 Å². The Balaban J connectivity index is 0.889. The number of benzene rings is 7. The highest BCUT2D eigenvalue weighted by Gasteiger charge is 2.58. The maximum Gasteiger partial charge on any atom is 0.242 e. The smallest absolute Gasteiger partial charge is 0.242 e. The highest BCUT2D eigenvalue weighted by atomic mass is 31.2. The number of aromatic nitrogens is 1. The standard InChI is InChI=1S/C63H61BNOP/c1-42-31-44(3)60(45(4)32-42)64(61-46(5)33-43(2)34-47(61)6)54-16-13-15-51(36-54)59-22-14-21-58(65-59)50-23-25-52(26-24-50)62-37-48-35-49(38-62)40-63(39-48,41-62)53-27-29-57(30-28-53)67(66,55-17-9-7-10-18-55)56-19-11-8-12-20-56/h7-34,36,48-49H,35,37-41H2,1-6H3. The number of aryl methyl sites for hydroxylation is 6. The molecule has 4 aliphatic carbocycles. The second-order valence-corrected chi connectivity index (χ2v) is 23.8. The van der Waals surface area contributed by atoms with Crippen molar-refractivity contribution >= 4 is 46.2 Å². The van der Waals surface area contributed by atoms with E-state index >= 15 is 4.57 Å². The Morgan fingerprint density at radius 3 is 1.39 bits per heavy atom. The van der Waals surface area contributed by atoms with Crippen LogP contribution in [0.5, 0.6) is 0 Å². The molecule has 4 heteroatoms. The van der Waals surface area contributed by atoms with Crippen LogP contribution in [0.4, 0.5) is 0 Å². The molecule has 4 bridgehead atoms. The van der Waals surface area contributed by atoms with Crippen molar-refractivity contribution in [3.8, 4) is 22.5 Å². The molecule has 2 unspecified atom stereocenters. The van der Waals surface area contributed by atoms with Crippen molar-refractivity contribution < 1.29 is 4.57 Å². The fraction of sp³-hybridized carbons (Fsp3) is 0.254. The summed E-state index contributed by atoms with van der Waals surface area (Å²) in [6.07, 6.45) is 7.58. The van der Waals surface area contributed by atoms with Gasteiger partial charge in [0.15, 0.2) is 7.14 Å². The van der Waals surface area contributed by atoms with Crippen molar-refractivity contribution in [3.63, 3.8) is 0 Å². The van der Waals surface area contributed by atoms with Crippen molar-refractivity contribution in [1.29, 1.82) is 0 Å². The Hall–Kier alpha value is -6.02. The van der Waals surface area contributed by atoms with E-state index in [-0.39, 0.29) is 17.5 Å². The number of rotatable bonds is 10. The zero-order chi connectivity index (χ0) is 46.1. The molecule has 4 saturated carbocycles. The van der Waals surface area contributed by atoms with Gasteiger partial charge in [-0.15, -0.1) is 0 Å². The minimum absolute atomic E-state index is 0.109. The summed E-state index contributed by atoms with van der Waals surface area (Å²) in [5.41, 5.74) is 19.6. The molecule has 0 saturated heterocycles. The third kappa shape index (κ3) is 7.69. The van der Waals surface area contributed by atoms with Crippen molar-refractivity contribution in [1.82, 2.24) is 4.98 Å². The highest BCUT2D eigenvalue weighted by Crippen LogP contribution is 2.66. The van der Waals surface area contributed by atoms with Gasteiger partial charge in [-0.2, -0.15) is 0 Å². The second kappa shape index (κ2) is 16.9. The lowest BCUT2D eigenvalue weighted by Crippen LogP contribution is -2.56. The van der Waals surface area contributed by atoms with Gasteiger partial charge in [-0.05, 0) is 132 Å². The highest BCUT2D eigenvalue weighted by molar-refractivity contribution is 7.85. The first-order valence-corrected chi connectivity index (χ1v) is 26.3. The van der Waals surface area contributed by atoms with Crippen LogP contribution in [0.3, 0.4) is 0 Å². The van der Waals surface area contributed by atoms with Gasteiger partial charge in [-0.25, -0.2) is 4.98 Å². The van der Waals surface area contributed by atoms with Crippen LogP contribution < -0.4 is 32.3 Å². The second-order valence-electron chi connectivity index (χ2n) is 21.0. The van der Waals surface area contributed by atoms with E-state index in [2.05, 4.69) is 157 Å². The molecule has 8 aromatic rings. The molecule has 0 radical (unpaired) electrons. The minimum Gasteiger partial charge on any atom is -0.309 e. The van der Waals surface area contributed by atoms with Crippen molar-refractivity contribution in [2.45, 2.75) is 90.9 Å². The lowest BCUT2D eigenvalue weighted by Gasteiger charge is -2.63. The number of hydrogen-bond donors (Lipinski definition) is 0. The van der Waals surface area contributed by atoms with Gasteiger partial charge in [0.05, 0.1) is 11.4 Å². The van der Waals surface area contributed by atoms with E-state index in [1.807, 2.05) is 60.7 Å². The van der Waals surface area contributed by atoms with E-state index in [0.717, 1.165) is 50.3 Å². The topological polar surface area (TPSA) is 30.0 Å². The van der Waals surface area contributed by atoms with Gasteiger partial charge in [-0.3, -0.25) is 0 Å². The van der Waals surface area contributed by atoms with Gasteiger partial charge in [0.1, 0.15) is 0 Å². The summed E-state index contributed by atoms with van der Waals surface area (Å²) < 4.78 is 15.2. The van der Waals surface area contributed by atoms with Crippen LogP contribution >= 0.6 is 7.14 Å². The molecule has 7 aromatic carbocycles. The fourth-order valence-corrected chi connectivity index (χ4v) is 16.7. The van der Waals surface area contributed by atoms with Crippen LogP contribution in [0.15, 0.2) is 176 Å². The van der Waals surface area contributed by atoms with Gasteiger partial charge in [0.25, 0.3) is 0 Å². The third-order valence-corrected chi connectivity index (χ3v) is 19.3. The minimum atomic E-state index is -3.03. The molecule has 4 aliphatic rings. The van der Waals surface area contributed by atoms with Crippen LogP contribution in [0.25, 0.3) is 22.5 Å². The molecule has 0 aliphatic heterocycles. The van der Waals surface area contributed by atoms with E-state index in [4.69, 9.17) is 4.98 Å². The fourth-order valence-electron chi connectivity index (χ4n) is 14.1. The van der Waals surface area contributed by atoms with Gasteiger partial charge in [0, 0.05) is 21.5 Å². The van der Waals surface area contributed by atoms with Gasteiger partial charge < -0.3 is 4.57 Å². The molecule has 67 heavy (non-hydrogen) atoms. The molecule has 332 valence electrons. The van der Waals surface area contributed by atoms with Gasteiger partial charge in [0.2, 0.25) is 6.71 Å². The van der Waals surface area contributed by atoms with Crippen LogP contribution in [0.1, 0.15) is 83.0 Å². The molecular weight excluding hydrogens is 828 g/mol. The predicted octanol–water partition coefficient (Wildman–Crippen LogP) is 12.2. The predicted molar refractivity (Wildman–Crippen MR) is 285 cm³/mol. The molecular formula is C63H61BNOP. The zero-order valence-electron chi connectivity index (χ0n) is 40.0. The lowest BCUT2D eigenvalue weighted by atomic mass is 9.34. The van der Waals surface area contributed by atoms with Crippen molar-refractivity contribution in [3.05, 3.63) is 220 Å². The Bertz CT molecular complexity index is 3030. The third-order valence-electron chi connectivity index (χ3n) is 16.3. The van der Waals surface area contributed by atoms with Crippen LogP contribution in [0.2, 0.25) is 0 Å². The number of pyridine rings is 1. The van der Waals surface area contributed by atoms with E-state index in [0.29, 0.717) is 0 Å². The first-order chi connectivity index (χ1) is 32.4. The largest absolute Gasteiger partial charge is 0.309 e. The Kier molecular flexibility index (Phi) is 11.0. The summed E-state index contributed by atoms with van der Waals surface area (Å²) in [6.45, 7) is 13.6. The van der Waals surface area contributed by atoms with Crippen LogP contribution in [-0.2, 0) is 15.4 Å². The molecule has 2 nitrogen and oxygen atoms in total. The number of nitrogens with zero attached hydrogens (tertiary/aromatic N) is 1. The summed E-state index contributed by atoms with van der Waals surface area (Å²) >= 11 is 0. The maximum atomic E-state index is 15.2. The Morgan fingerprint density at radius 1 is 0.463 bits per heavy atom. The van der Waals surface area contributed by atoms with E-state index in [9.17, 15) is 0 Å². The Labute approximate surface area is 399 Å². The van der Waals surface area contributed by atoms with E-state index in [1.54, 1.807) is 0 Å².